The third-order valence-corrected chi connectivity index (χ3v) is 7.28. The SMILES string of the molecule is CC1CCN2CC(C)[NH+](CC(=O)C3CCC(I)CC3)C2C1. The smallest absolute Gasteiger partial charge is 0.189 e. The molecule has 4 atom stereocenters. The normalized spacial score (nSPS) is 44.5. The third kappa shape index (κ3) is 3.63. The Bertz CT molecular complexity index is 381. The van der Waals surface area contributed by atoms with Gasteiger partial charge in [-0.3, -0.25) is 4.79 Å². The number of hydrogen-bond donors (Lipinski definition) is 1. The van der Waals surface area contributed by atoms with E-state index in [9.17, 15) is 4.79 Å². The zero-order chi connectivity index (χ0) is 15.0. The van der Waals surface area contributed by atoms with E-state index >= 15 is 0 Å². The number of nitrogens with one attached hydrogen (secondary N) is 1. The second-order valence-corrected chi connectivity index (χ2v) is 9.47. The Morgan fingerprint density at radius 3 is 2.62 bits per heavy atom. The Balaban J connectivity index is 1.59. The lowest BCUT2D eigenvalue weighted by Crippen LogP contribution is -3.18. The van der Waals surface area contributed by atoms with E-state index in [1.54, 1.807) is 4.90 Å². The van der Waals surface area contributed by atoms with Crippen LogP contribution in [0.1, 0.15) is 52.4 Å². The number of halogens is 1. The maximum Gasteiger partial charge on any atom is 0.189 e. The molecule has 0 amide bonds. The standard InChI is InChI=1S/C17H29IN2O/c1-12-7-8-19-10-13(2)20(17(19)9-12)11-16(21)14-3-5-15(18)6-4-14/h12-15,17H,3-11H2,1-2H3/p+1. The van der Waals surface area contributed by atoms with Crippen molar-refractivity contribution in [2.75, 3.05) is 19.6 Å². The van der Waals surface area contributed by atoms with Gasteiger partial charge in [0.25, 0.3) is 0 Å². The molecule has 0 spiro atoms. The van der Waals surface area contributed by atoms with Crippen molar-refractivity contribution in [3.8, 4) is 0 Å². The fourth-order valence-corrected chi connectivity index (χ4v) is 5.32. The number of carbonyl (C=O) groups is 1. The summed E-state index contributed by atoms with van der Waals surface area (Å²) in [6.07, 6.45) is 8.01. The number of hydrogen-bond acceptors (Lipinski definition) is 2. The molecular formula is C17H30IN2O+. The fraction of sp³-hybridized carbons (Fsp3) is 0.941. The van der Waals surface area contributed by atoms with E-state index in [1.165, 1.54) is 38.8 Å². The molecule has 2 heterocycles. The Morgan fingerprint density at radius 1 is 1.19 bits per heavy atom. The predicted octanol–water partition coefficient (Wildman–Crippen LogP) is 1.89. The van der Waals surface area contributed by atoms with Crippen LogP contribution >= 0.6 is 22.6 Å². The third-order valence-electron chi connectivity index (χ3n) is 6.04. The summed E-state index contributed by atoms with van der Waals surface area (Å²) in [6, 6.07) is 0.630. The van der Waals surface area contributed by atoms with Gasteiger partial charge < -0.3 is 4.90 Å². The van der Waals surface area contributed by atoms with Crippen molar-refractivity contribution >= 4 is 28.4 Å². The first-order valence-corrected chi connectivity index (χ1v) is 10.1. The molecule has 0 bridgehead atoms. The lowest BCUT2D eigenvalue weighted by atomic mass is 9.86. The van der Waals surface area contributed by atoms with Gasteiger partial charge >= 0.3 is 0 Å². The molecule has 1 saturated carbocycles. The molecule has 3 nitrogen and oxygen atoms in total. The largest absolute Gasteiger partial charge is 0.310 e. The number of alkyl halides is 1. The first-order chi connectivity index (χ1) is 10.0. The number of ketones is 1. The fourth-order valence-electron chi connectivity index (χ4n) is 4.60. The highest BCUT2D eigenvalue weighted by Gasteiger charge is 2.45. The zero-order valence-corrected chi connectivity index (χ0v) is 15.6. The van der Waals surface area contributed by atoms with Crippen molar-refractivity contribution in [2.45, 2.75) is 68.5 Å². The summed E-state index contributed by atoms with van der Waals surface area (Å²) in [5.74, 6) is 1.75. The highest BCUT2D eigenvalue weighted by Crippen LogP contribution is 2.29. The number of rotatable bonds is 3. The molecule has 1 N–H and O–H groups in total. The van der Waals surface area contributed by atoms with E-state index in [4.69, 9.17) is 0 Å². The van der Waals surface area contributed by atoms with Crippen LogP contribution in [0, 0.1) is 11.8 Å². The predicted molar refractivity (Wildman–Crippen MR) is 93.8 cm³/mol. The van der Waals surface area contributed by atoms with Gasteiger partial charge in [-0.05, 0) is 44.9 Å². The Hall–Kier alpha value is 0.320. The van der Waals surface area contributed by atoms with Crippen LogP contribution in [-0.2, 0) is 4.79 Å². The summed E-state index contributed by atoms with van der Waals surface area (Å²) >= 11 is 2.55. The second-order valence-electron chi connectivity index (χ2n) is 7.71. The topological polar surface area (TPSA) is 24.8 Å². The highest BCUT2D eigenvalue weighted by molar-refractivity contribution is 14.1. The molecule has 21 heavy (non-hydrogen) atoms. The molecular weight excluding hydrogens is 375 g/mol. The van der Waals surface area contributed by atoms with Gasteiger partial charge in [-0.15, -0.1) is 0 Å². The van der Waals surface area contributed by atoms with Gasteiger partial charge in [-0.2, -0.15) is 0 Å². The van der Waals surface area contributed by atoms with E-state index in [0.717, 1.165) is 29.2 Å². The number of carbonyl (C=O) groups excluding carboxylic acids is 1. The van der Waals surface area contributed by atoms with E-state index < -0.39 is 0 Å². The summed E-state index contributed by atoms with van der Waals surface area (Å²) < 4.78 is 0.805. The first kappa shape index (κ1) is 16.2. The van der Waals surface area contributed by atoms with E-state index in [1.807, 2.05) is 0 Å². The number of fused-ring (bicyclic) bond motifs is 1. The van der Waals surface area contributed by atoms with Crippen LogP contribution in [0.25, 0.3) is 0 Å². The molecule has 1 aliphatic carbocycles. The second kappa shape index (κ2) is 6.83. The molecule has 0 aromatic heterocycles. The lowest BCUT2D eigenvalue weighted by molar-refractivity contribution is -0.933. The van der Waals surface area contributed by atoms with Crippen LogP contribution in [0.3, 0.4) is 0 Å². The zero-order valence-electron chi connectivity index (χ0n) is 13.5. The Morgan fingerprint density at radius 2 is 1.90 bits per heavy atom. The molecule has 4 heteroatoms. The van der Waals surface area contributed by atoms with Gasteiger partial charge in [-0.25, -0.2) is 4.90 Å². The van der Waals surface area contributed by atoms with Gasteiger partial charge in [0.05, 0.1) is 12.6 Å². The summed E-state index contributed by atoms with van der Waals surface area (Å²) in [5.41, 5.74) is 0. The Labute approximate surface area is 143 Å². The van der Waals surface area contributed by atoms with Crippen LogP contribution in [0.5, 0.6) is 0 Å². The van der Waals surface area contributed by atoms with Crippen LogP contribution in [0.15, 0.2) is 0 Å². The number of piperidine rings is 1. The maximum absolute atomic E-state index is 12.7. The minimum atomic E-state index is 0.366. The molecule has 2 saturated heterocycles. The number of quaternary nitrogens is 1. The quantitative estimate of drug-likeness (QED) is 0.573. The monoisotopic (exact) mass is 405 g/mol. The van der Waals surface area contributed by atoms with Gasteiger partial charge in [0.1, 0.15) is 12.7 Å². The molecule has 120 valence electrons. The molecule has 2 aliphatic heterocycles. The number of nitrogens with zero attached hydrogens (tertiary/aromatic N) is 1. The molecule has 0 aromatic rings. The van der Waals surface area contributed by atoms with Crippen molar-refractivity contribution in [1.29, 1.82) is 0 Å². The van der Waals surface area contributed by atoms with Gasteiger partial charge in [-0.1, -0.05) is 29.5 Å². The van der Waals surface area contributed by atoms with Gasteiger partial charge in [0.15, 0.2) is 5.78 Å². The van der Waals surface area contributed by atoms with Crippen molar-refractivity contribution < 1.29 is 9.69 Å². The minimum Gasteiger partial charge on any atom is -0.310 e. The van der Waals surface area contributed by atoms with E-state index in [2.05, 4.69) is 41.3 Å². The molecule has 0 radical (unpaired) electrons. The van der Waals surface area contributed by atoms with Crippen LogP contribution < -0.4 is 4.90 Å². The van der Waals surface area contributed by atoms with Crippen molar-refractivity contribution in [2.24, 2.45) is 11.8 Å². The van der Waals surface area contributed by atoms with Crippen LogP contribution in [0.2, 0.25) is 0 Å². The summed E-state index contributed by atoms with van der Waals surface area (Å²) in [6.45, 7) is 7.94. The Kier molecular flexibility index (Phi) is 5.27. The minimum absolute atomic E-state index is 0.366. The molecule has 3 rings (SSSR count). The van der Waals surface area contributed by atoms with Crippen molar-refractivity contribution in [3.05, 3.63) is 0 Å². The average molecular weight is 405 g/mol. The van der Waals surface area contributed by atoms with Gasteiger partial charge in [0.2, 0.25) is 0 Å². The van der Waals surface area contributed by atoms with E-state index in [0.29, 0.717) is 23.9 Å². The first-order valence-electron chi connectivity index (χ1n) is 8.81. The van der Waals surface area contributed by atoms with Crippen LogP contribution in [0.4, 0.5) is 0 Å². The van der Waals surface area contributed by atoms with Crippen molar-refractivity contribution in [1.82, 2.24) is 4.90 Å². The lowest BCUT2D eigenvalue weighted by Gasteiger charge is -2.35. The van der Waals surface area contributed by atoms with Gasteiger partial charge in [0, 0.05) is 22.8 Å². The maximum atomic E-state index is 12.7. The van der Waals surface area contributed by atoms with Crippen molar-refractivity contribution in [3.63, 3.8) is 0 Å². The highest BCUT2D eigenvalue weighted by atomic mass is 127. The molecule has 3 aliphatic rings. The van der Waals surface area contributed by atoms with E-state index in [-0.39, 0.29) is 0 Å². The average Bonchev–Trinajstić information content (AvgIpc) is 2.76. The summed E-state index contributed by atoms with van der Waals surface area (Å²) in [7, 11) is 0. The summed E-state index contributed by atoms with van der Waals surface area (Å²) in [5, 5.41) is 0. The molecule has 4 unspecified atom stereocenters. The van der Waals surface area contributed by atoms with Crippen LogP contribution in [-0.4, -0.2) is 46.4 Å². The number of Topliss-reactive ketones (excluding diaryl/α,β-unsaturated/α-hetero) is 1. The molecule has 3 fully saturated rings. The summed E-state index contributed by atoms with van der Waals surface area (Å²) in [4.78, 5) is 16.9. The molecule has 0 aromatic carbocycles.